The second kappa shape index (κ2) is 15.7. The van der Waals surface area contributed by atoms with Crippen LogP contribution in [0, 0.1) is 20.8 Å². The van der Waals surface area contributed by atoms with E-state index in [-0.39, 0.29) is 71.2 Å². The molecule has 0 unspecified atom stereocenters. The van der Waals surface area contributed by atoms with Crippen LogP contribution in [0.2, 0.25) is 0 Å². The maximum Gasteiger partial charge on any atom is 0.209 e. The van der Waals surface area contributed by atoms with E-state index in [1.807, 2.05) is 54.0 Å². The fourth-order valence-corrected chi connectivity index (χ4v) is 5.08. The molecule has 0 bridgehead atoms. The van der Waals surface area contributed by atoms with Crippen LogP contribution in [0.5, 0.6) is 0 Å². The second-order valence-corrected chi connectivity index (χ2v) is 9.12. The number of nitrogens with zero attached hydrogens (tertiary/aromatic N) is 1. The van der Waals surface area contributed by atoms with Gasteiger partial charge in [0.25, 0.3) is 0 Å². The molecule has 34 heavy (non-hydrogen) atoms. The van der Waals surface area contributed by atoms with Crippen molar-refractivity contribution in [1.29, 1.82) is 0 Å². The standard InChI is InChI=1S/C16H24.C14H15NO.2Y/c1-4-14-11-16(13(3)10-12(14)2)15-8-6-5-7-9-15;1-3-15-11(2)9-10-13(15)14(16)12-7-5-4-6-8-12;;/h10-11,15H,4-9H2,1-3H3;4-10H,3H2,1-2H3;;. The zero-order valence-corrected chi connectivity index (χ0v) is 27.4. The monoisotopic (exact) mass is 607 g/mol. The summed E-state index contributed by atoms with van der Waals surface area (Å²) in [6, 6.07) is 18.2. The van der Waals surface area contributed by atoms with Gasteiger partial charge in [0, 0.05) is 83.2 Å². The van der Waals surface area contributed by atoms with Crippen LogP contribution in [0.4, 0.5) is 0 Å². The Morgan fingerprint density at radius 1 is 0.853 bits per heavy atom. The number of rotatable bonds is 5. The molecule has 1 aromatic heterocycles. The summed E-state index contributed by atoms with van der Waals surface area (Å²) in [5.74, 6) is 0.940. The van der Waals surface area contributed by atoms with Crippen LogP contribution in [0.3, 0.4) is 0 Å². The van der Waals surface area contributed by atoms with Crippen LogP contribution >= 0.6 is 0 Å². The maximum atomic E-state index is 12.2. The summed E-state index contributed by atoms with van der Waals surface area (Å²) < 4.78 is 2.04. The summed E-state index contributed by atoms with van der Waals surface area (Å²) in [5, 5.41) is 0. The molecule has 4 rings (SSSR count). The molecular weight excluding hydrogens is 568 g/mol. The minimum Gasteiger partial charge on any atom is -0.343 e. The molecule has 0 saturated heterocycles. The summed E-state index contributed by atoms with van der Waals surface area (Å²) in [7, 11) is 0. The van der Waals surface area contributed by atoms with Crippen LogP contribution in [0.15, 0.2) is 54.6 Å². The number of carbonyl (C=O) groups is 1. The Balaban J connectivity index is 0.000000321. The van der Waals surface area contributed by atoms with E-state index in [0.717, 1.165) is 29.4 Å². The van der Waals surface area contributed by atoms with E-state index in [4.69, 9.17) is 0 Å². The van der Waals surface area contributed by atoms with Gasteiger partial charge in [-0.05, 0) is 87.3 Å². The molecule has 1 heterocycles. The van der Waals surface area contributed by atoms with E-state index < -0.39 is 0 Å². The van der Waals surface area contributed by atoms with Crippen LogP contribution in [-0.4, -0.2) is 10.4 Å². The first kappa shape index (κ1) is 31.6. The van der Waals surface area contributed by atoms with Gasteiger partial charge in [-0.2, -0.15) is 0 Å². The molecule has 0 amide bonds. The van der Waals surface area contributed by atoms with Crippen molar-refractivity contribution >= 4 is 5.78 Å². The molecule has 2 nitrogen and oxygen atoms in total. The van der Waals surface area contributed by atoms with Gasteiger partial charge in [-0.25, -0.2) is 0 Å². The van der Waals surface area contributed by atoms with Crippen molar-refractivity contribution in [3.05, 3.63) is 93.8 Å². The first-order chi connectivity index (χ1) is 15.5. The number of hydrogen-bond donors (Lipinski definition) is 0. The summed E-state index contributed by atoms with van der Waals surface area (Å²) in [6.45, 7) is 11.7. The largest absolute Gasteiger partial charge is 0.343 e. The molecule has 0 atom stereocenters. The number of ketones is 1. The van der Waals surface area contributed by atoms with Gasteiger partial charge in [-0.3, -0.25) is 4.79 Å². The SMILES string of the molecule is CCc1cc(C2CCCCC2)c(C)cc1C.CCn1c(C)ccc1C(=O)c1ccccc1.[Y].[Y]. The van der Waals surface area contributed by atoms with E-state index in [2.05, 4.69) is 39.8 Å². The zero-order valence-electron chi connectivity index (χ0n) is 21.7. The third kappa shape index (κ3) is 8.06. The molecule has 1 aliphatic rings. The van der Waals surface area contributed by atoms with E-state index in [0.29, 0.717) is 0 Å². The molecule has 1 saturated carbocycles. The van der Waals surface area contributed by atoms with Gasteiger partial charge < -0.3 is 4.57 Å². The Morgan fingerprint density at radius 2 is 1.50 bits per heavy atom. The first-order valence-corrected chi connectivity index (χ1v) is 12.3. The topological polar surface area (TPSA) is 22.0 Å². The number of aryl methyl sites for hydroxylation is 4. The molecule has 2 aromatic carbocycles. The minimum atomic E-state index is 0. The third-order valence-electron chi connectivity index (χ3n) is 6.93. The van der Waals surface area contributed by atoms with E-state index >= 15 is 0 Å². The van der Waals surface area contributed by atoms with Gasteiger partial charge in [-0.15, -0.1) is 0 Å². The Hall–Kier alpha value is -0.402. The molecular formula is C30H39NOY2. The average molecular weight is 607 g/mol. The summed E-state index contributed by atoms with van der Waals surface area (Å²) in [5.41, 5.74) is 8.82. The van der Waals surface area contributed by atoms with E-state index in [9.17, 15) is 4.79 Å². The summed E-state index contributed by atoms with van der Waals surface area (Å²) >= 11 is 0. The fraction of sp³-hybridized carbons (Fsp3) is 0.433. The van der Waals surface area contributed by atoms with Gasteiger partial charge in [0.15, 0.2) is 0 Å². The van der Waals surface area contributed by atoms with Crippen molar-refractivity contribution in [1.82, 2.24) is 4.57 Å². The number of carbonyl (C=O) groups excluding carboxylic acids is 1. The molecule has 2 radical (unpaired) electrons. The Bertz CT molecular complexity index is 1030. The van der Waals surface area contributed by atoms with Crippen LogP contribution < -0.4 is 0 Å². The molecule has 3 aromatic rings. The smallest absolute Gasteiger partial charge is 0.209 e. The van der Waals surface area contributed by atoms with Gasteiger partial charge in [0.1, 0.15) is 0 Å². The van der Waals surface area contributed by atoms with Crippen molar-refractivity contribution < 1.29 is 70.2 Å². The zero-order chi connectivity index (χ0) is 23.1. The maximum absolute atomic E-state index is 12.2. The molecule has 0 N–H and O–H groups in total. The van der Waals surface area contributed by atoms with Gasteiger partial charge in [0.05, 0.1) is 5.69 Å². The fourth-order valence-electron chi connectivity index (χ4n) is 5.08. The Kier molecular flexibility index (Phi) is 14.6. The number of benzene rings is 2. The summed E-state index contributed by atoms with van der Waals surface area (Å²) in [4.78, 5) is 12.2. The van der Waals surface area contributed by atoms with E-state index in [1.165, 1.54) is 49.7 Å². The molecule has 1 aliphatic carbocycles. The predicted octanol–water partition coefficient (Wildman–Crippen LogP) is 7.96. The summed E-state index contributed by atoms with van der Waals surface area (Å²) in [6.07, 6.45) is 8.30. The van der Waals surface area contributed by atoms with Crippen molar-refractivity contribution in [3.8, 4) is 0 Å². The van der Waals surface area contributed by atoms with Crippen LogP contribution in [0.25, 0.3) is 0 Å². The molecule has 0 spiro atoms. The van der Waals surface area contributed by atoms with Crippen molar-refractivity contribution in [2.75, 3.05) is 0 Å². The van der Waals surface area contributed by atoms with Crippen molar-refractivity contribution in [3.63, 3.8) is 0 Å². The van der Waals surface area contributed by atoms with Gasteiger partial charge in [0.2, 0.25) is 5.78 Å². The average Bonchev–Trinajstić information content (AvgIpc) is 3.20. The third-order valence-corrected chi connectivity index (χ3v) is 6.93. The normalized spacial score (nSPS) is 13.2. The van der Waals surface area contributed by atoms with Crippen LogP contribution in [-0.2, 0) is 78.4 Å². The van der Waals surface area contributed by atoms with Crippen molar-refractivity contribution in [2.45, 2.75) is 85.6 Å². The van der Waals surface area contributed by atoms with Crippen molar-refractivity contribution in [2.24, 2.45) is 0 Å². The predicted molar refractivity (Wildman–Crippen MR) is 136 cm³/mol. The number of aromatic nitrogens is 1. The number of hydrogen-bond acceptors (Lipinski definition) is 1. The van der Waals surface area contributed by atoms with Crippen LogP contribution in [0.1, 0.15) is 95.9 Å². The molecule has 1 fully saturated rings. The van der Waals surface area contributed by atoms with Gasteiger partial charge in [-0.1, -0.05) is 68.7 Å². The molecule has 176 valence electrons. The molecule has 4 heteroatoms. The molecule has 0 aliphatic heterocycles. The second-order valence-electron chi connectivity index (χ2n) is 9.12. The minimum absolute atomic E-state index is 0. The first-order valence-electron chi connectivity index (χ1n) is 12.3. The Morgan fingerprint density at radius 3 is 2.09 bits per heavy atom. The van der Waals surface area contributed by atoms with Gasteiger partial charge >= 0.3 is 0 Å². The van der Waals surface area contributed by atoms with E-state index in [1.54, 1.807) is 11.1 Å². The Labute approximate surface area is 257 Å². The quantitative estimate of drug-likeness (QED) is 0.270.